The Morgan fingerprint density at radius 3 is 1.11 bits per heavy atom. The molecule has 9 heteroatoms. The van der Waals surface area contributed by atoms with E-state index in [0.717, 1.165) is 0 Å². The number of nitrogen functional groups attached to an aromatic ring is 3. The number of hydrogen-bond donors (Lipinski definition) is 4. The SMILES string of the molecule is Nc1nc(N)nc(N)n1.O=PO.c1ccccc1. The number of nitrogens with zero attached hydrogens (tertiary/aromatic N) is 3. The summed E-state index contributed by atoms with van der Waals surface area (Å²) < 4.78 is 8.46. The first-order valence-electron chi connectivity index (χ1n) is 4.59. The van der Waals surface area contributed by atoms with E-state index < -0.39 is 8.69 Å². The summed E-state index contributed by atoms with van der Waals surface area (Å²) in [6.45, 7) is 0. The van der Waals surface area contributed by atoms with Gasteiger partial charge in [-0.05, 0) is 0 Å². The Balaban J connectivity index is 0.000000278. The van der Waals surface area contributed by atoms with E-state index in [1.54, 1.807) is 0 Å². The van der Waals surface area contributed by atoms with Crippen LogP contribution >= 0.6 is 8.69 Å². The molecule has 0 aliphatic heterocycles. The normalized spacial score (nSPS) is 8.50. The van der Waals surface area contributed by atoms with Crippen LogP contribution in [0.1, 0.15) is 0 Å². The zero-order valence-corrected chi connectivity index (χ0v) is 10.2. The third-order valence-electron chi connectivity index (χ3n) is 1.35. The van der Waals surface area contributed by atoms with Crippen molar-refractivity contribution in [1.29, 1.82) is 0 Å². The summed E-state index contributed by atoms with van der Waals surface area (Å²) in [5.74, 6) is 0.125. The molecule has 2 aromatic rings. The van der Waals surface area contributed by atoms with Gasteiger partial charge < -0.3 is 22.1 Å². The lowest BCUT2D eigenvalue weighted by Gasteiger charge is -1.93. The third-order valence-corrected chi connectivity index (χ3v) is 1.35. The Morgan fingerprint density at radius 1 is 0.778 bits per heavy atom. The summed E-state index contributed by atoms with van der Waals surface area (Å²) >= 11 is 0. The van der Waals surface area contributed by atoms with E-state index in [1.165, 1.54) is 0 Å². The molecule has 0 radical (unpaired) electrons. The molecule has 1 heterocycles. The molecular weight excluding hydrogens is 255 g/mol. The summed E-state index contributed by atoms with van der Waals surface area (Å²) in [5.41, 5.74) is 15.4. The zero-order chi connectivity index (χ0) is 13.8. The van der Waals surface area contributed by atoms with Gasteiger partial charge in [-0.3, -0.25) is 0 Å². The molecule has 0 aliphatic rings. The maximum absolute atomic E-state index is 8.46. The van der Waals surface area contributed by atoms with Crippen LogP contribution in [0.2, 0.25) is 0 Å². The molecule has 0 amide bonds. The van der Waals surface area contributed by atoms with Crippen LogP contribution in [-0.2, 0) is 4.57 Å². The van der Waals surface area contributed by atoms with Gasteiger partial charge in [-0.1, -0.05) is 36.4 Å². The highest BCUT2D eigenvalue weighted by molar-refractivity contribution is 7.16. The van der Waals surface area contributed by atoms with Crippen molar-refractivity contribution in [3.63, 3.8) is 0 Å². The van der Waals surface area contributed by atoms with Gasteiger partial charge in [0.1, 0.15) is 0 Å². The van der Waals surface area contributed by atoms with Gasteiger partial charge in [0, 0.05) is 0 Å². The van der Waals surface area contributed by atoms with Crippen molar-refractivity contribution in [3.8, 4) is 0 Å². The van der Waals surface area contributed by atoms with Crippen LogP contribution < -0.4 is 17.2 Å². The average molecular weight is 268 g/mol. The van der Waals surface area contributed by atoms with Gasteiger partial charge in [0.25, 0.3) is 0 Å². The number of aromatic nitrogens is 3. The van der Waals surface area contributed by atoms with E-state index in [9.17, 15) is 0 Å². The molecule has 8 nitrogen and oxygen atoms in total. The quantitative estimate of drug-likeness (QED) is 0.503. The summed E-state index contributed by atoms with van der Waals surface area (Å²) in [4.78, 5) is 17.4. The standard InChI is InChI=1S/C6H6.C3H6N6.HO2P/c1-2-4-6-5-3-1;4-1-7-2(5)9-3(6)8-1;1-3-2/h1-6H;(H6,4,5,6,7,8,9);(H,1,2). The molecule has 18 heavy (non-hydrogen) atoms. The van der Waals surface area contributed by atoms with Gasteiger partial charge in [-0.15, -0.1) is 0 Å². The predicted octanol–water partition coefficient (Wildman–Crippen LogP) is 0.490. The van der Waals surface area contributed by atoms with Crippen molar-refractivity contribution in [2.45, 2.75) is 0 Å². The molecule has 0 saturated carbocycles. The van der Waals surface area contributed by atoms with Crippen LogP contribution in [0.4, 0.5) is 17.8 Å². The Kier molecular flexibility index (Phi) is 8.62. The Labute approximate surface area is 105 Å². The Hall–Kier alpha value is -2.31. The smallest absolute Gasteiger partial charge is 0.324 e. The van der Waals surface area contributed by atoms with E-state index in [2.05, 4.69) is 15.0 Å². The van der Waals surface area contributed by atoms with E-state index in [1.807, 2.05) is 36.4 Å². The predicted molar refractivity (Wildman–Crippen MR) is 69.3 cm³/mol. The van der Waals surface area contributed by atoms with Gasteiger partial charge in [-0.25, -0.2) is 4.57 Å². The summed E-state index contributed by atoms with van der Waals surface area (Å²) in [7, 11) is -0.833. The molecule has 0 aliphatic carbocycles. The molecule has 0 unspecified atom stereocenters. The van der Waals surface area contributed by atoms with Gasteiger partial charge >= 0.3 is 8.69 Å². The summed E-state index contributed by atoms with van der Waals surface area (Å²) in [6.07, 6.45) is 0. The maximum Gasteiger partial charge on any atom is 0.324 e. The molecule has 2 rings (SSSR count). The zero-order valence-electron chi connectivity index (χ0n) is 9.34. The molecule has 96 valence electrons. The van der Waals surface area contributed by atoms with Crippen molar-refractivity contribution in [2.24, 2.45) is 0 Å². The number of nitrogens with two attached hydrogens (primary N) is 3. The lowest BCUT2D eigenvalue weighted by atomic mass is 10.4. The van der Waals surface area contributed by atoms with E-state index in [-0.39, 0.29) is 17.8 Å². The van der Waals surface area contributed by atoms with E-state index in [4.69, 9.17) is 26.7 Å². The van der Waals surface area contributed by atoms with Crippen molar-refractivity contribution in [3.05, 3.63) is 36.4 Å². The highest BCUT2D eigenvalue weighted by Gasteiger charge is 1.93. The van der Waals surface area contributed by atoms with Crippen LogP contribution in [-0.4, -0.2) is 19.8 Å². The first kappa shape index (κ1) is 15.7. The fraction of sp³-hybridized carbons (Fsp3) is 0. The fourth-order valence-corrected chi connectivity index (χ4v) is 0.812. The number of anilines is 3. The van der Waals surface area contributed by atoms with Crippen molar-refractivity contribution in [2.75, 3.05) is 17.2 Å². The lowest BCUT2D eigenvalue weighted by molar-refractivity contribution is 0.524. The molecule has 1 aromatic carbocycles. The topological polar surface area (TPSA) is 154 Å². The van der Waals surface area contributed by atoms with Crippen molar-refractivity contribution in [1.82, 2.24) is 15.0 Å². The third kappa shape index (κ3) is 8.96. The molecule has 0 atom stereocenters. The van der Waals surface area contributed by atoms with E-state index in [0.29, 0.717) is 0 Å². The molecular formula is C9H13N6O2P. The van der Waals surface area contributed by atoms with Crippen LogP contribution in [0.15, 0.2) is 36.4 Å². The summed E-state index contributed by atoms with van der Waals surface area (Å²) in [6, 6.07) is 12.0. The molecule has 7 N–H and O–H groups in total. The second-order valence-corrected chi connectivity index (χ2v) is 2.81. The van der Waals surface area contributed by atoms with E-state index >= 15 is 0 Å². The number of hydrogen-bond acceptors (Lipinski definition) is 7. The van der Waals surface area contributed by atoms with Crippen molar-refractivity contribution >= 4 is 26.5 Å². The maximum atomic E-state index is 8.46. The minimum absolute atomic E-state index is 0.0417. The average Bonchev–Trinajstić information content (AvgIpc) is 2.31. The van der Waals surface area contributed by atoms with Crippen LogP contribution in [0.25, 0.3) is 0 Å². The first-order chi connectivity index (χ1) is 8.60. The largest absolute Gasteiger partial charge is 0.368 e. The highest BCUT2D eigenvalue weighted by Crippen LogP contribution is 1.97. The molecule has 0 bridgehead atoms. The number of benzene rings is 1. The second-order valence-electron chi connectivity index (χ2n) is 2.65. The minimum Gasteiger partial charge on any atom is -0.368 e. The van der Waals surface area contributed by atoms with Gasteiger partial charge in [0.05, 0.1) is 0 Å². The van der Waals surface area contributed by atoms with Gasteiger partial charge in [-0.2, -0.15) is 15.0 Å². The number of rotatable bonds is 0. The molecule has 0 fully saturated rings. The molecule has 0 saturated heterocycles. The van der Waals surface area contributed by atoms with Crippen LogP contribution in [0.3, 0.4) is 0 Å². The highest BCUT2D eigenvalue weighted by atomic mass is 31.1. The first-order valence-corrected chi connectivity index (χ1v) is 5.36. The lowest BCUT2D eigenvalue weighted by Crippen LogP contribution is -2.05. The van der Waals surface area contributed by atoms with Gasteiger partial charge in [0.2, 0.25) is 17.8 Å². The monoisotopic (exact) mass is 268 g/mol. The Morgan fingerprint density at radius 2 is 0.944 bits per heavy atom. The molecule has 0 spiro atoms. The van der Waals surface area contributed by atoms with Gasteiger partial charge in [0.15, 0.2) is 0 Å². The Bertz CT molecular complexity index is 379. The van der Waals surface area contributed by atoms with Crippen LogP contribution in [0, 0.1) is 0 Å². The van der Waals surface area contributed by atoms with Crippen molar-refractivity contribution < 1.29 is 9.46 Å². The second kappa shape index (κ2) is 9.88. The summed E-state index contributed by atoms with van der Waals surface area (Å²) in [5, 5.41) is 0. The fourth-order valence-electron chi connectivity index (χ4n) is 0.812. The van der Waals surface area contributed by atoms with Crippen LogP contribution in [0.5, 0.6) is 0 Å². The minimum atomic E-state index is -0.833. The molecule has 1 aromatic heterocycles.